The molecule has 0 aliphatic rings. The zero-order valence-corrected chi connectivity index (χ0v) is 5.83. The third-order valence-corrected chi connectivity index (χ3v) is 1.97. The van der Waals surface area contributed by atoms with Crippen molar-refractivity contribution < 1.29 is 4.57 Å². The van der Waals surface area contributed by atoms with Crippen LogP contribution in [0.3, 0.4) is 0 Å². The summed E-state index contributed by atoms with van der Waals surface area (Å²) in [5, 5.41) is 6.29. The van der Waals surface area contributed by atoms with Crippen LogP contribution in [0, 0.1) is 0 Å². The van der Waals surface area contributed by atoms with Crippen molar-refractivity contribution in [3.05, 3.63) is 11.6 Å². The number of rotatable bonds is 1. The maximum Gasteiger partial charge on any atom is 0.333 e. The molecule has 0 fully saturated rings. The van der Waals surface area contributed by atoms with Crippen molar-refractivity contribution in [3.8, 4) is 0 Å². The second kappa shape index (κ2) is 2.13. The van der Waals surface area contributed by atoms with Crippen molar-refractivity contribution in [1.82, 2.24) is 0 Å². The summed E-state index contributed by atoms with van der Waals surface area (Å²) in [5.41, 5.74) is 0. The van der Waals surface area contributed by atoms with Crippen molar-refractivity contribution in [2.75, 3.05) is 12.4 Å². The van der Waals surface area contributed by atoms with Crippen LogP contribution in [0.4, 0.5) is 5.13 Å². The van der Waals surface area contributed by atoms with E-state index in [1.54, 1.807) is 11.3 Å². The minimum Gasteiger partial charge on any atom is -0.268 e. The molecule has 1 N–H and O–H groups in total. The summed E-state index contributed by atoms with van der Waals surface area (Å²) in [6.45, 7) is 0. The summed E-state index contributed by atoms with van der Waals surface area (Å²) in [6, 6.07) is 0. The summed E-state index contributed by atoms with van der Waals surface area (Å²) in [6.07, 6.45) is 2.02. The molecule has 1 rings (SSSR count). The Hall–Kier alpha value is -0.570. The summed E-state index contributed by atoms with van der Waals surface area (Å²) in [5.74, 6) is 0. The van der Waals surface area contributed by atoms with Crippen molar-refractivity contribution in [2.24, 2.45) is 7.05 Å². The van der Waals surface area contributed by atoms with E-state index in [9.17, 15) is 0 Å². The highest BCUT2D eigenvalue weighted by Crippen LogP contribution is 2.04. The van der Waals surface area contributed by atoms with Crippen LogP contribution in [0.25, 0.3) is 0 Å². The fourth-order valence-corrected chi connectivity index (χ4v) is 1.29. The molecule has 1 aromatic heterocycles. The smallest absolute Gasteiger partial charge is 0.268 e. The first-order chi connectivity index (χ1) is 3.84. The van der Waals surface area contributed by atoms with Crippen LogP contribution in [0.15, 0.2) is 11.6 Å². The molecule has 0 saturated heterocycles. The number of hydrogen-bond acceptors (Lipinski definition) is 2. The van der Waals surface area contributed by atoms with Gasteiger partial charge in [-0.25, -0.2) is 4.57 Å². The number of anilines is 1. The highest BCUT2D eigenvalue weighted by Gasteiger charge is 1.99. The molecule has 0 saturated carbocycles. The summed E-state index contributed by atoms with van der Waals surface area (Å²) in [4.78, 5) is 0. The molecule has 0 unspecified atom stereocenters. The number of thiazole rings is 1. The average Bonchev–Trinajstić information content (AvgIpc) is 2.14. The molecule has 2 nitrogen and oxygen atoms in total. The second-order valence-electron chi connectivity index (χ2n) is 1.57. The van der Waals surface area contributed by atoms with Crippen LogP contribution in [-0.2, 0) is 7.05 Å². The van der Waals surface area contributed by atoms with E-state index in [0.29, 0.717) is 0 Å². The molecule has 0 spiro atoms. The van der Waals surface area contributed by atoms with Gasteiger partial charge in [0.2, 0.25) is 0 Å². The Balaban J connectivity index is 2.92. The monoisotopic (exact) mass is 129 g/mol. The lowest BCUT2D eigenvalue weighted by Gasteiger charge is -1.85. The minimum absolute atomic E-state index is 1.19. The van der Waals surface area contributed by atoms with E-state index >= 15 is 0 Å². The van der Waals surface area contributed by atoms with Gasteiger partial charge in [0.15, 0.2) is 0 Å². The van der Waals surface area contributed by atoms with E-state index < -0.39 is 0 Å². The zero-order chi connectivity index (χ0) is 5.98. The molecule has 0 bridgehead atoms. The van der Waals surface area contributed by atoms with Crippen LogP contribution in [0.2, 0.25) is 0 Å². The Kier molecular flexibility index (Phi) is 1.48. The normalized spacial score (nSPS) is 9.25. The maximum atomic E-state index is 3.06. The predicted octanol–water partition coefficient (Wildman–Crippen LogP) is 0.614. The first-order valence-electron chi connectivity index (χ1n) is 2.45. The fraction of sp³-hybridized carbons (Fsp3) is 0.400. The molecule has 44 valence electrons. The van der Waals surface area contributed by atoms with Gasteiger partial charge in [0.1, 0.15) is 6.20 Å². The largest absolute Gasteiger partial charge is 0.333 e. The van der Waals surface area contributed by atoms with Crippen LogP contribution in [0.5, 0.6) is 0 Å². The number of aryl methyl sites for hydroxylation is 1. The van der Waals surface area contributed by atoms with E-state index in [-0.39, 0.29) is 0 Å². The van der Waals surface area contributed by atoms with Crippen molar-refractivity contribution in [2.45, 2.75) is 0 Å². The topological polar surface area (TPSA) is 15.9 Å². The van der Waals surface area contributed by atoms with Gasteiger partial charge in [-0.2, -0.15) is 0 Å². The van der Waals surface area contributed by atoms with Gasteiger partial charge in [-0.3, -0.25) is 5.32 Å². The van der Waals surface area contributed by atoms with E-state index in [1.165, 1.54) is 5.13 Å². The lowest BCUT2D eigenvalue weighted by atomic mass is 10.9. The van der Waals surface area contributed by atoms with Crippen LogP contribution in [-0.4, -0.2) is 7.05 Å². The van der Waals surface area contributed by atoms with Gasteiger partial charge in [-0.1, -0.05) is 11.3 Å². The van der Waals surface area contributed by atoms with Gasteiger partial charge in [-0.05, 0) is 0 Å². The first kappa shape index (κ1) is 5.56. The Bertz CT molecular complexity index is 171. The van der Waals surface area contributed by atoms with Crippen molar-refractivity contribution >= 4 is 16.5 Å². The second-order valence-corrected chi connectivity index (χ2v) is 2.46. The number of nitrogens with zero attached hydrogens (tertiary/aromatic N) is 1. The van der Waals surface area contributed by atoms with E-state index in [2.05, 4.69) is 5.32 Å². The molecule has 8 heavy (non-hydrogen) atoms. The lowest BCUT2D eigenvalue weighted by Crippen LogP contribution is -2.27. The molecular weight excluding hydrogens is 120 g/mol. The van der Waals surface area contributed by atoms with Gasteiger partial charge >= 0.3 is 5.13 Å². The Labute approximate surface area is 52.8 Å². The number of nitrogens with one attached hydrogen (secondary N) is 1. The fourth-order valence-electron chi connectivity index (χ4n) is 0.572. The quantitative estimate of drug-likeness (QED) is 0.549. The molecule has 0 amide bonds. The number of hydrogen-bond donors (Lipinski definition) is 1. The van der Waals surface area contributed by atoms with E-state index in [0.717, 1.165) is 0 Å². The Morgan fingerprint density at radius 3 is 2.75 bits per heavy atom. The van der Waals surface area contributed by atoms with E-state index in [1.807, 2.05) is 30.2 Å². The van der Waals surface area contributed by atoms with Crippen molar-refractivity contribution in [3.63, 3.8) is 0 Å². The van der Waals surface area contributed by atoms with E-state index in [4.69, 9.17) is 0 Å². The molecule has 1 heterocycles. The van der Waals surface area contributed by atoms with Gasteiger partial charge < -0.3 is 0 Å². The molecule has 0 atom stereocenters. The average molecular weight is 129 g/mol. The van der Waals surface area contributed by atoms with Gasteiger partial charge in [-0.15, -0.1) is 0 Å². The standard InChI is InChI=1S/C5H8N2S/c1-6-5-7(2)3-4-8-5/h3-4H,1-2H3/p+1. The highest BCUT2D eigenvalue weighted by molar-refractivity contribution is 7.13. The predicted molar refractivity (Wildman–Crippen MR) is 35.0 cm³/mol. The Morgan fingerprint density at radius 2 is 2.50 bits per heavy atom. The first-order valence-corrected chi connectivity index (χ1v) is 3.33. The highest BCUT2D eigenvalue weighted by atomic mass is 32.1. The Morgan fingerprint density at radius 1 is 1.75 bits per heavy atom. The van der Waals surface area contributed by atoms with Crippen LogP contribution in [0.1, 0.15) is 0 Å². The van der Waals surface area contributed by atoms with Gasteiger partial charge in [0, 0.05) is 5.38 Å². The third kappa shape index (κ3) is 0.816. The molecule has 1 aromatic rings. The zero-order valence-electron chi connectivity index (χ0n) is 5.01. The summed E-state index contributed by atoms with van der Waals surface area (Å²) < 4.78 is 2.05. The van der Waals surface area contributed by atoms with Crippen LogP contribution < -0.4 is 9.88 Å². The summed E-state index contributed by atoms with van der Waals surface area (Å²) >= 11 is 1.70. The van der Waals surface area contributed by atoms with Crippen LogP contribution >= 0.6 is 11.3 Å². The lowest BCUT2D eigenvalue weighted by molar-refractivity contribution is -0.652. The minimum atomic E-state index is 1.19. The van der Waals surface area contributed by atoms with Crippen molar-refractivity contribution in [1.29, 1.82) is 0 Å². The molecule has 3 heteroatoms. The SMILES string of the molecule is CNc1scc[n+]1C. The van der Waals surface area contributed by atoms with Gasteiger partial charge in [0.25, 0.3) is 0 Å². The number of aromatic nitrogens is 1. The molecule has 0 aromatic carbocycles. The summed E-state index contributed by atoms with van der Waals surface area (Å²) in [7, 11) is 3.94. The molecule has 0 radical (unpaired) electrons. The maximum absolute atomic E-state index is 3.06. The molecule has 0 aliphatic heterocycles. The molecule has 0 aliphatic carbocycles. The van der Waals surface area contributed by atoms with Gasteiger partial charge in [0.05, 0.1) is 14.1 Å². The molecular formula is C5H9N2S+. The third-order valence-electron chi connectivity index (χ3n) is 0.998.